The van der Waals surface area contributed by atoms with Crippen LogP contribution in [-0.4, -0.2) is 40.0 Å². The lowest BCUT2D eigenvalue weighted by atomic mass is 9.92. The summed E-state index contributed by atoms with van der Waals surface area (Å²) in [7, 11) is 0.237. The van der Waals surface area contributed by atoms with Crippen LogP contribution in [0.3, 0.4) is 0 Å². The first-order valence-electron chi connectivity index (χ1n) is 8.48. The molecule has 8 nitrogen and oxygen atoms in total. The molecule has 0 aliphatic carbocycles. The van der Waals surface area contributed by atoms with Crippen LogP contribution in [0.5, 0.6) is 28.7 Å². The Morgan fingerprint density at radius 1 is 0.931 bits per heavy atom. The highest BCUT2D eigenvalue weighted by Crippen LogP contribution is 2.52. The van der Waals surface area contributed by atoms with Crippen molar-refractivity contribution in [3.63, 3.8) is 0 Å². The average Bonchev–Trinajstić information content (AvgIpc) is 2.67. The lowest BCUT2D eigenvalue weighted by molar-refractivity contribution is 0.324. The molecule has 0 amide bonds. The minimum atomic E-state index is -3.95. The molecule has 0 bridgehead atoms. The number of sulfonamides is 1. The summed E-state index contributed by atoms with van der Waals surface area (Å²) in [6.45, 7) is 0. The molecule has 154 valence electrons. The van der Waals surface area contributed by atoms with Gasteiger partial charge < -0.3 is 24.4 Å². The topological polar surface area (TPSA) is 128 Å². The molecular formula is C20H21NO7S. The van der Waals surface area contributed by atoms with Crippen molar-refractivity contribution in [3.8, 4) is 39.9 Å². The molecule has 0 saturated heterocycles. The van der Waals surface area contributed by atoms with Crippen molar-refractivity contribution < 1.29 is 32.8 Å². The summed E-state index contributed by atoms with van der Waals surface area (Å²) in [6, 6.07) is 9.90. The van der Waals surface area contributed by atoms with E-state index in [4.69, 9.17) is 19.3 Å². The van der Waals surface area contributed by atoms with Crippen LogP contribution < -0.4 is 19.3 Å². The zero-order valence-electron chi connectivity index (χ0n) is 16.1. The normalized spacial score (nSPS) is 11.4. The number of hydrogen-bond acceptors (Lipinski definition) is 7. The molecule has 0 aliphatic heterocycles. The van der Waals surface area contributed by atoms with Crippen molar-refractivity contribution in [1.29, 1.82) is 0 Å². The number of aromatic hydroxyl groups is 2. The molecular weight excluding hydrogens is 398 g/mol. The zero-order valence-corrected chi connectivity index (χ0v) is 16.9. The van der Waals surface area contributed by atoms with Gasteiger partial charge in [-0.05, 0) is 28.5 Å². The minimum Gasteiger partial charge on any atom is -0.504 e. The van der Waals surface area contributed by atoms with Gasteiger partial charge in [-0.1, -0.05) is 24.3 Å². The number of fused-ring (bicyclic) bond motifs is 1. The number of hydrogen-bond donors (Lipinski definition) is 3. The maximum atomic E-state index is 11.9. The molecule has 0 aliphatic rings. The Labute approximate surface area is 168 Å². The van der Waals surface area contributed by atoms with Gasteiger partial charge >= 0.3 is 0 Å². The van der Waals surface area contributed by atoms with E-state index in [2.05, 4.69) is 0 Å². The third-order valence-corrected chi connectivity index (χ3v) is 5.23. The minimum absolute atomic E-state index is 0.136. The van der Waals surface area contributed by atoms with Crippen LogP contribution in [0.25, 0.3) is 21.9 Å². The lowest BCUT2D eigenvalue weighted by Crippen LogP contribution is -2.15. The molecule has 3 aromatic rings. The van der Waals surface area contributed by atoms with Crippen LogP contribution in [0.1, 0.15) is 5.56 Å². The fourth-order valence-corrected chi connectivity index (χ4v) is 4.05. The largest absolute Gasteiger partial charge is 0.504 e. The van der Waals surface area contributed by atoms with E-state index < -0.39 is 21.5 Å². The fourth-order valence-electron chi connectivity index (χ4n) is 3.39. The summed E-state index contributed by atoms with van der Waals surface area (Å²) in [6.07, 6.45) is 0. The molecule has 0 saturated carbocycles. The van der Waals surface area contributed by atoms with Crippen molar-refractivity contribution in [2.45, 2.75) is 5.75 Å². The zero-order chi connectivity index (χ0) is 21.3. The third kappa shape index (κ3) is 3.74. The SMILES string of the molecule is COc1cc(CS(N)(=O)=O)c(-c2c(O)c(O)cc3ccccc23)c(OC)c1OC. The molecule has 3 aromatic carbocycles. The van der Waals surface area contributed by atoms with Crippen molar-refractivity contribution >= 4 is 20.8 Å². The highest BCUT2D eigenvalue weighted by Gasteiger charge is 2.27. The van der Waals surface area contributed by atoms with E-state index in [0.29, 0.717) is 10.8 Å². The van der Waals surface area contributed by atoms with Crippen molar-refractivity contribution in [3.05, 3.63) is 42.0 Å². The van der Waals surface area contributed by atoms with Gasteiger partial charge in [0.25, 0.3) is 0 Å². The van der Waals surface area contributed by atoms with Crippen LogP contribution in [0.2, 0.25) is 0 Å². The maximum Gasteiger partial charge on any atom is 0.213 e. The first kappa shape index (κ1) is 20.6. The van der Waals surface area contributed by atoms with E-state index in [0.717, 1.165) is 0 Å². The van der Waals surface area contributed by atoms with E-state index in [1.807, 2.05) is 0 Å². The first-order chi connectivity index (χ1) is 13.7. The van der Waals surface area contributed by atoms with E-state index in [1.54, 1.807) is 24.3 Å². The van der Waals surface area contributed by atoms with Gasteiger partial charge in [0.15, 0.2) is 23.0 Å². The second-order valence-corrected chi connectivity index (χ2v) is 7.94. The number of methoxy groups -OCH3 is 3. The van der Waals surface area contributed by atoms with E-state index in [1.165, 1.54) is 33.5 Å². The summed E-state index contributed by atoms with van der Waals surface area (Å²) in [4.78, 5) is 0. The second-order valence-electron chi connectivity index (χ2n) is 6.33. The van der Waals surface area contributed by atoms with E-state index in [-0.39, 0.29) is 39.7 Å². The van der Waals surface area contributed by atoms with E-state index >= 15 is 0 Å². The third-order valence-electron chi connectivity index (χ3n) is 4.52. The summed E-state index contributed by atoms with van der Waals surface area (Å²) in [5.74, 6) is -0.771. The van der Waals surface area contributed by atoms with Gasteiger partial charge in [-0.2, -0.15) is 0 Å². The summed E-state index contributed by atoms with van der Waals surface area (Å²) in [5.41, 5.74) is 0.633. The fraction of sp³-hybridized carbons (Fsp3) is 0.200. The standard InChI is InChI=1S/C20H21NO7S/c1-26-15-9-12(10-29(21,24)25)16(20(28-3)19(15)27-2)17-13-7-5-4-6-11(13)8-14(22)18(17)23/h4-9,22-23H,10H2,1-3H3,(H2,21,24,25). The summed E-state index contributed by atoms with van der Waals surface area (Å²) in [5, 5.41) is 27.5. The van der Waals surface area contributed by atoms with Gasteiger partial charge in [0, 0.05) is 11.1 Å². The van der Waals surface area contributed by atoms with Crippen LogP contribution in [-0.2, 0) is 15.8 Å². The lowest BCUT2D eigenvalue weighted by Gasteiger charge is -2.21. The van der Waals surface area contributed by atoms with Gasteiger partial charge in [-0.3, -0.25) is 0 Å². The monoisotopic (exact) mass is 419 g/mol. The number of nitrogens with two attached hydrogens (primary N) is 1. The summed E-state index contributed by atoms with van der Waals surface area (Å²) < 4.78 is 40.1. The van der Waals surface area contributed by atoms with Crippen molar-refractivity contribution in [2.75, 3.05) is 21.3 Å². The molecule has 3 rings (SSSR count). The molecule has 0 unspecified atom stereocenters. The van der Waals surface area contributed by atoms with Crippen LogP contribution >= 0.6 is 0 Å². The molecule has 0 fully saturated rings. The second kappa shape index (κ2) is 7.69. The van der Waals surface area contributed by atoms with Gasteiger partial charge in [0.05, 0.1) is 27.1 Å². The number of ether oxygens (including phenoxy) is 3. The predicted molar refractivity (Wildman–Crippen MR) is 109 cm³/mol. The highest BCUT2D eigenvalue weighted by molar-refractivity contribution is 7.88. The highest BCUT2D eigenvalue weighted by atomic mass is 32.2. The van der Waals surface area contributed by atoms with Gasteiger partial charge in [-0.15, -0.1) is 0 Å². The van der Waals surface area contributed by atoms with Crippen LogP contribution in [0, 0.1) is 0 Å². The molecule has 0 radical (unpaired) electrons. The smallest absolute Gasteiger partial charge is 0.213 e. The van der Waals surface area contributed by atoms with Crippen molar-refractivity contribution in [2.24, 2.45) is 5.14 Å². The molecule has 0 heterocycles. The first-order valence-corrected chi connectivity index (χ1v) is 10.2. The quantitative estimate of drug-likeness (QED) is 0.524. The Morgan fingerprint density at radius 2 is 1.59 bits per heavy atom. The molecule has 0 spiro atoms. The van der Waals surface area contributed by atoms with Gasteiger partial charge in [0.1, 0.15) is 0 Å². The van der Waals surface area contributed by atoms with E-state index in [9.17, 15) is 18.6 Å². The number of phenols is 2. The Morgan fingerprint density at radius 3 is 2.17 bits per heavy atom. The molecule has 29 heavy (non-hydrogen) atoms. The Hall–Kier alpha value is -3.17. The average molecular weight is 419 g/mol. The van der Waals surface area contributed by atoms with Gasteiger partial charge in [-0.25, -0.2) is 13.6 Å². The number of rotatable bonds is 6. The molecule has 0 atom stereocenters. The molecule has 9 heteroatoms. The maximum absolute atomic E-state index is 11.9. The van der Waals surface area contributed by atoms with Crippen molar-refractivity contribution in [1.82, 2.24) is 0 Å². The Balaban J connectivity index is 2.55. The molecule has 0 aromatic heterocycles. The van der Waals surface area contributed by atoms with Gasteiger partial charge in [0.2, 0.25) is 15.8 Å². The summed E-state index contributed by atoms with van der Waals surface area (Å²) >= 11 is 0. The van der Waals surface area contributed by atoms with Crippen LogP contribution in [0.15, 0.2) is 36.4 Å². The number of primary sulfonamides is 1. The van der Waals surface area contributed by atoms with Crippen LogP contribution in [0.4, 0.5) is 0 Å². The predicted octanol–water partition coefficient (Wildman–Crippen LogP) is 2.73. The Kier molecular flexibility index (Phi) is 5.45. The molecule has 4 N–H and O–H groups in total. The number of benzene rings is 3. The number of phenolic OH excluding ortho intramolecular Hbond substituents is 2. The Bertz CT molecular complexity index is 1190.